The largest absolute Gasteiger partial charge is 0.490 e. The lowest BCUT2D eigenvalue weighted by molar-refractivity contribution is -0.142. The molecular formula is C55H59ClN10O7S. The van der Waals surface area contributed by atoms with E-state index in [0.29, 0.717) is 40.4 Å². The molecule has 2 fully saturated rings. The van der Waals surface area contributed by atoms with Crippen LogP contribution < -0.4 is 20.7 Å². The van der Waals surface area contributed by atoms with Crippen LogP contribution in [0.15, 0.2) is 94.6 Å². The van der Waals surface area contributed by atoms with Crippen LogP contribution in [0.25, 0.3) is 27.4 Å². The van der Waals surface area contributed by atoms with Crippen LogP contribution >= 0.6 is 22.9 Å². The number of aliphatic hydroxyl groups excluding tert-OH is 1. The molecule has 3 aliphatic rings. The molecule has 6 heterocycles. The van der Waals surface area contributed by atoms with Crippen molar-refractivity contribution in [3.8, 4) is 22.1 Å². The second kappa shape index (κ2) is 19.9. The van der Waals surface area contributed by atoms with Crippen LogP contribution in [0.2, 0.25) is 5.02 Å². The summed E-state index contributed by atoms with van der Waals surface area (Å²) in [6.07, 6.45) is 3.85. The third kappa shape index (κ3) is 9.97. The first-order valence-corrected chi connectivity index (χ1v) is 26.0. The molecule has 0 radical (unpaired) electrons. The van der Waals surface area contributed by atoms with Crippen molar-refractivity contribution < 1.29 is 33.4 Å². The number of β-amino-alcohol motifs (C(OH)–C–C–N with tert-alkyl or cyclic N) is 1. The predicted molar refractivity (Wildman–Crippen MR) is 282 cm³/mol. The lowest BCUT2D eigenvalue weighted by atomic mass is 9.85. The fourth-order valence-electron chi connectivity index (χ4n) is 10.1. The highest BCUT2D eigenvalue weighted by Crippen LogP contribution is 2.40. The van der Waals surface area contributed by atoms with Crippen molar-refractivity contribution in [2.24, 2.45) is 17.5 Å². The van der Waals surface area contributed by atoms with Gasteiger partial charge in [0.05, 0.1) is 24.3 Å². The summed E-state index contributed by atoms with van der Waals surface area (Å²) in [4.78, 5) is 68.0. The number of nitrogens with one attached hydrogen (secondary N) is 3. The van der Waals surface area contributed by atoms with E-state index in [1.165, 1.54) is 4.90 Å². The maximum absolute atomic E-state index is 14.4. The highest BCUT2D eigenvalue weighted by atomic mass is 35.5. The number of aromatic nitrogens is 5. The average molecular weight is 1040 g/mol. The summed E-state index contributed by atoms with van der Waals surface area (Å²) in [5.41, 5.74) is 5.26. The molecule has 17 nitrogen and oxygen atoms in total. The lowest BCUT2D eigenvalue weighted by Gasteiger charge is -2.36. The van der Waals surface area contributed by atoms with Gasteiger partial charge in [-0.25, -0.2) is 4.98 Å². The molecule has 384 valence electrons. The van der Waals surface area contributed by atoms with Crippen LogP contribution in [0.5, 0.6) is 5.75 Å². The SMILES string of the molecule is Cc1sc2c(c1C)C(c1ccc(Cl)cc1)=N[C@@H](CC(=O)N[C@H]1C[C@@H](Oc3ccc4oc(C(=O)N[C@H](C(=O)N5C[C@H](O)C[C@H]5C(=O)N[C@@H](C)c5ccc(-c6nccn6C)cc5)C(C)(C)C)cc4c3)C1)c1nnc(C)n1-2. The average Bonchev–Trinajstić information content (AvgIpc) is 4.20. The zero-order chi connectivity index (χ0) is 52.3. The molecule has 0 unspecified atom stereocenters. The number of amides is 4. The number of aliphatic imine (C=N–C) groups is 1. The van der Waals surface area contributed by atoms with Gasteiger partial charge in [-0.2, -0.15) is 0 Å². The molecule has 1 aliphatic carbocycles. The van der Waals surface area contributed by atoms with E-state index < -0.39 is 53.4 Å². The summed E-state index contributed by atoms with van der Waals surface area (Å²) >= 11 is 7.94. The second-order valence-electron chi connectivity index (χ2n) is 20.8. The number of halogens is 1. The summed E-state index contributed by atoms with van der Waals surface area (Å²) in [5.74, 6) is 1.08. The van der Waals surface area contributed by atoms with Gasteiger partial charge in [0.25, 0.3) is 5.91 Å². The van der Waals surface area contributed by atoms with Crippen molar-refractivity contribution in [1.82, 2.24) is 45.2 Å². The number of imidazole rings is 1. The van der Waals surface area contributed by atoms with Crippen LogP contribution in [0.4, 0.5) is 0 Å². The van der Waals surface area contributed by atoms with E-state index in [2.05, 4.69) is 45.0 Å². The number of furan rings is 1. The van der Waals surface area contributed by atoms with E-state index in [0.717, 1.165) is 55.1 Å². The fourth-order valence-corrected chi connectivity index (χ4v) is 11.4. The van der Waals surface area contributed by atoms with Crippen molar-refractivity contribution in [3.05, 3.63) is 135 Å². The first-order chi connectivity index (χ1) is 35.3. The zero-order valence-electron chi connectivity index (χ0n) is 42.5. The number of nitrogens with zero attached hydrogens (tertiary/aromatic N) is 7. The quantitative estimate of drug-likeness (QED) is 0.0873. The summed E-state index contributed by atoms with van der Waals surface area (Å²) in [7, 11) is 1.92. The molecule has 10 rings (SSSR count). The Morgan fingerprint density at radius 3 is 2.38 bits per heavy atom. The van der Waals surface area contributed by atoms with Crippen LogP contribution in [-0.2, 0) is 21.4 Å². The number of carbonyl (C=O) groups excluding carboxylic acids is 4. The number of thiophene rings is 1. The molecule has 4 N–H and O–H groups in total. The minimum Gasteiger partial charge on any atom is -0.490 e. The molecule has 19 heteroatoms. The van der Waals surface area contributed by atoms with Crippen LogP contribution in [0.3, 0.4) is 0 Å². The standard InChI is InChI=1S/C55H59ClN10O7S/c1-28-30(3)74-54-46(28)47(33-13-15-36(56)16-14-33)60-41(50-63-62-31(4)66(50)54)26-45(68)59-37-23-40(24-37)72-39-17-18-43-35(21-39)22-44(73-43)52(70)61-48(55(5,6)7)53(71)65-27-38(67)25-42(65)51(69)58-29(2)32-9-11-34(12-10-32)49-57-19-20-64(49)8/h9-22,29,37-38,40-42,48,67H,23-27H2,1-8H3,(H,58,69)(H,59,68)(H,61,70)/t29-,37-,38+,40+,41-,42-,48+/m0/s1. The maximum atomic E-state index is 14.4. The Hall–Kier alpha value is -7.15. The summed E-state index contributed by atoms with van der Waals surface area (Å²) in [6.45, 7) is 13.4. The molecular weight excluding hydrogens is 980 g/mol. The smallest absolute Gasteiger partial charge is 0.287 e. The minimum absolute atomic E-state index is 0.00307. The molecule has 0 bridgehead atoms. The van der Waals surface area contributed by atoms with E-state index in [-0.39, 0.29) is 43.2 Å². The van der Waals surface area contributed by atoms with E-state index in [4.69, 9.17) is 25.7 Å². The number of carbonyl (C=O) groups is 4. The van der Waals surface area contributed by atoms with Crippen molar-refractivity contribution in [3.63, 3.8) is 0 Å². The van der Waals surface area contributed by atoms with Gasteiger partial charge in [-0.15, -0.1) is 21.5 Å². The molecule has 1 saturated carbocycles. The number of likely N-dealkylation sites (tertiary alicyclic amines) is 1. The van der Waals surface area contributed by atoms with Gasteiger partial charge in [-0.1, -0.05) is 68.8 Å². The molecule has 5 atom stereocenters. The van der Waals surface area contributed by atoms with E-state index in [9.17, 15) is 24.3 Å². The topological polar surface area (TPSA) is 211 Å². The van der Waals surface area contributed by atoms with Crippen molar-refractivity contribution in [2.45, 2.75) is 117 Å². The maximum Gasteiger partial charge on any atom is 0.287 e. The molecule has 1 saturated heterocycles. The molecule has 2 aliphatic heterocycles. The predicted octanol–water partition coefficient (Wildman–Crippen LogP) is 8.05. The molecule has 3 aromatic carbocycles. The zero-order valence-corrected chi connectivity index (χ0v) is 44.0. The van der Waals surface area contributed by atoms with Crippen molar-refractivity contribution in [1.29, 1.82) is 0 Å². The van der Waals surface area contributed by atoms with Gasteiger partial charge in [0, 0.05) is 83.3 Å². The van der Waals surface area contributed by atoms with Gasteiger partial charge in [0.15, 0.2) is 11.6 Å². The summed E-state index contributed by atoms with van der Waals surface area (Å²) in [5, 5.41) is 31.0. The number of hydrogen-bond acceptors (Lipinski definition) is 12. The molecule has 0 spiro atoms. The third-order valence-corrected chi connectivity index (χ3v) is 15.8. The van der Waals surface area contributed by atoms with E-state index >= 15 is 0 Å². The minimum atomic E-state index is -1.07. The number of aryl methyl sites for hydroxylation is 3. The molecule has 74 heavy (non-hydrogen) atoms. The number of ether oxygens (including phenoxy) is 1. The van der Waals surface area contributed by atoms with Crippen LogP contribution in [-0.4, -0.2) is 101 Å². The molecule has 4 amide bonds. The van der Waals surface area contributed by atoms with Crippen LogP contribution in [0.1, 0.15) is 115 Å². The Morgan fingerprint density at radius 2 is 1.68 bits per heavy atom. The van der Waals surface area contributed by atoms with Crippen molar-refractivity contribution >= 4 is 63.2 Å². The first-order valence-electron chi connectivity index (χ1n) is 24.8. The highest BCUT2D eigenvalue weighted by Gasteiger charge is 2.45. The Kier molecular flexibility index (Phi) is 13.6. The van der Waals surface area contributed by atoms with Gasteiger partial charge in [0.1, 0.15) is 52.2 Å². The van der Waals surface area contributed by atoms with Gasteiger partial charge in [0.2, 0.25) is 17.7 Å². The van der Waals surface area contributed by atoms with Gasteiger partial charge in [-0.05, 0) is 80.6 Å². The lowest BCUT2D eigenvalue weighted by Crippen LogP contribution is -2.57. The highest BCUT2D eigenvalue weighted by molar-refractivity contribution is 7.15. The van der Waals surface area contributed by atoms with Gasteiger partial charge < -0.3 is 39.7 Å². The summed E-state index contributed by atoms with van der Waals surface area (Å²) < 4.78 is 16.3. The first kappa shape index (κ1) is 50.4. The van der Waals surface area contributed by atoms with Crippen molar-refractivity contribution in [2.75, 3.05) is 6.54 Å². The van der Waals surface area contributed by atoms with Crippen LogP contribution in [0, 0.1) is 26.2 Å². The second-order valence-corrected chi connectivity index (χ2v) is 22.4. The number of benzene rings is 3. The van der Waals surface area contributed by atoms with Gasteiger partial charge in [-0.3, -0.25) is 28.7 Å². The Labute approximate surface area is 437 Å². The monoisotopic (exact) mass is 1040 g/mol. The molecule has 4 aromatic heterocycles. The number of hydrogen-bond donors (Lipinski definition) is 4. The van der Waals surface area contributed by atoms with Gasteiger partial charge >= 0.3 is 0 Å². The summed E-state index contributed by atoms with van der Waals surface area (Å²) in [6, 6.07) is 19.1. The third-order valence-electron chi connectivity index (χ3n) is 14.3. The Bertz CT molecular complexity index is 3330. The number of fused-ring (bicyclic) bond motifs is 4. The Balaban J connectivity index is 0.754. The Morgan fingerprint density at radius 1 is 0.946 bits per heavy atom. The fraction of sp³-hybridized carbons (Fsp3) is 0.382. The number of rotatable bonds is 13. The molecule has 7 aromatic rings. The van der Waals surface area contributed by atoms with E-state index in [1.54, 1.807) is 41.8 Å². The number of aliphatic hydroxyl groups is 1. The van der Waals surface area contributed by atoms with E-state index in [1.807, 2.05) is 106 Å². The normalized spacial score (nSPS) is 20.2.